The Hall–Kier alpha value is -8.89. The second-order valence-corrected chi connectivity index (χ2v) is 30.4. The molecule has 3 atom stereocenters. The fourth-order valence-corrected chi connectivity index (χ4v) is 13.1. The van der Waals surface area contributed by atoms with E-state index in [0.717, 1.165) is 103 Å². The van der Waals surface area contributed by atoms with E-state index < -0.39 is 21.0 Å². The van der Waals surface area contributed by atoms with Gasteiger partial charge in [0.25, 0.3) is 0 Å². The van der Waals surface area contributed by atoms with Crippen molar-refractivity contribution in [3.8, 4) is 34.5 Å². The van der Waals surface area contributed by atoms with Gasteiger partial charge in [-0.1, -0.05) is 182 Å². The van der Waals surface area contributed by atoms with Crippen LogP contribution >= 0.6 is 0 Å². The minimum absolute atomic E-state index is 0.0147. The average Bonchev–Trinajstić information content (AvgIpc) is 1.62. The maximum absolute atomic E-state index is 13.1. The molecule has 0 saturated heterocycles. The van der Waals surface area contributed by atoms with Gasteiger partial charge in [-0.15, -0.1) is 0 Å². The van der Waals surface area contributed by atoms with Crippen molar-refractivity contribution in [2.75, 3.05) is 48.0 Å². The van der Waals surface area contributed by atoms with E-state index in [4.69, 9.17) is 28.4 Å². The summed E-state index contributed by atoms with van der Waals surface area (Å²) in [5.74, 6) is 5.58. The predicted molar refractivity (Wildman–Crippen MR) is 417 cm³/mol. The van der Waals surface area contributed by atoms with Gasteiger partial charge < -0.3 is 33.7 Å². The number of sulfone groups is 1. The third kappa shape index (κ3) is 25.5. The van der Waals surface area contributed by atoms with Crippen LogP contribution in [0, 0.1) is 77.0 Å². The van der Waals surface area contributed by atoms with E-state index in [1.807, 2.05) is 210 Å². The Labute approximate surface area is 616 Å². The number of hydrogen-bond donors (Lipinski definition) is 1. The lowest BCUT2D eigenvalue weighted by molar-refractivity contribution is -0.124. The first-order valence-electron chi connectivity index (χ1n) is 35.5. The highest BCUT2D eigenvalue weighted by Crippen LogP contribution is 2.51. The molecule has 0 aliphatic heterocycles. The zero-order valence-corrected chi connectivity index (χ0v) is 67.0. The zero-order valence-electron chi connectivity index (χ0n) is 66.2. The van der Waals surface area contributed by atoms with Gasteiger partial charge in [-0.25, -0.2) is 8.42 Å². The van der Waals surface area contributed by atoms with Crippen LogP contribution in [0.15, 0.2) is 144 Å². The molecule has 1 N–H and O–H groups in total. The van der Waals surface area contributed by atoms with Crippen LogP contribution in [-0.2, 0) is 39.2 Å². The van der Waals surface area contributed by atoms with Crippen LogP contribution < -0.4 is 33.7 Å². The van der Waals surface area contributed by atoms with Crippen molar-refractivity contribution in [3.63, 3.8) is 0 Å². The summed E-state index contributed by atoms with van der Waals surface area (Å²) in [5.41, 5.74) is 11.2. The Balaban J connectivity index is 0.000000324. The molecule has 15 nitrogen and oxygen atoms in total. The van der Waals surface area contributed by atoms with E-state index in [-0.39, 0.29) is 74.9 Å². The first-order chi connectivity index (χ1) is 48.3. The molecule has 560 valence electrons. The highest BCUT2D eigenvalue weighted by molar-refractivity contribution is 7.92. The molecule has 16 heteroatoms. The van der Waals surface area contributed by atoms with E-state index in [0.29, 0.717) is 29.4 Å². The van der Waals surface area contributed by atoms with E-state index in [2.05, 4.69) is 11.4 Å². The number of carbonyl (C=O) groups is 6. The molecule has 1 aliphatic carbocycles. The van der Waals surface area contributed by atoms with Crippen LogP contribution in [0.25, 0.3) is 0 Å². The van der Waals surface area contributed by atoms with Crippen LogP contribution in [0.5, 0.6) is 34.5 Å². The van der Waals surface area contributed by atoms with E-state index in [9.17, 15) is 37.2 Å². The number of nitrogens with one attached hydrogen (secondary N) is 1. The average molecular weight is 1430 g/mol. The lowest BCUT2D eigenvalue weighted by Gasteiger charge is -2.20. The number of hydrogen-bond acceptors (Lipinski definition) is 14. The quantitative estimate of drug-likeness (QED) is 0.0529. The fourth-order valence-electron chi connectivity index (χ4n) is 11.2. The van der Waals surface area contributed by atoms with Crippen LogP contribution in [0.4, 0.5) is 5.69 Å². The normalized spacial score (nSPS) is 12.7. The summed E-state index contributed by atoms with van der Waals surface area (Å²) in [6, 6.07) is 42.5. The van der Waals surface area contributed by atoms with Gasteiger partial charge in [-0.2, -0.15) is 0 Å². The topological polar surface area (TPSA) is 204 Å². The molecule has 1 aliphatic rings. The molecule has 0 spiro atoms. The maximum atomic E-state index is 13.1. The molecular weight excluding hydrogens is 1320 g/mol. The Bertz CT molecular complexity index is 3990. The van der Waals surface area contributed by atoms with E-state index >= 15 is 0 Å². The maximum Gasteiger partial charge on any atom is 0.226 e. The monoisotopic (exact) mass is 1430 g/mol. The Morgan fingerprint density at radius 1 is 0.398 bits per heavy atom. The number of carbonyl (C=O) groups excluding carboxylic acids is 6. The van der Waals surface area contributed by atoms with Gasteiger partial charge in [0.15, 0.2) is 21.4 Å². The third-order valence-electron chi connectivity index (χ3n) is 18.0. The molecule has 0 bridgehead atoms. The lowest BCUT2D eigenvalue weighted by atomic mass is 9.85. The molecule has 0 heterocycles. The fraction of sp³-hybridized carbons (Fsp3) is 0.448. The summed E-state index contributed by atoms with van der Waals surface area (Å²) in [7, 11) is 5.91. The largest absolute Gasteiger partial charge is 0.496 e. The summed E-state index contributed by atoms with van der Waals surface area (Å²) < 4.78 is 57.7. The number of rotatable bonds is 25. The summed E-state index contributed by atoms with van der Waals surface area (Å²) in [5, 5.41) is 1.58. The number of methoxy groups -OCH3 is 6. The van der Waals surface area contributed by atoms with Gasteiger partial charge in [0.1, 0.15) is 57.1 Å². The van der Waals surface area contributed by atoms with Crippen molar-refractivity contribution in [3.05, 3.63) is 201 Å². The molecule has 0 aromatic heterocycles. The van der Waals surface area contributed by atoms with Crippen LogP contribution in [0.3, 0.4) is 0 Å². The standard InChI is InChI=1S/C19H22O4S.C15H20O2.2C14H20O2.C13H18O2.C12H17NO2/c1-13(2)18(20)19(15-11-10-14(3)17(12-15)23-4)24(21,22)16-8-6-5-7-9-16;1-10(2)14(16)15(7-8-15)12-6-5-11(3)13(9-12)17-4;2*1-9(2)14(15)11(4)12-7-6-10(3)13(8-12)16-5;1-9(2)7-12(14)11-6-5-10(3)13(8-11)15-4;1-8(2)12(14)13-10-6-5-9(3)11(7-10)15-4/h5-13,19H,1-4H3;5-6,9-10H,7-8H2,1-4H3;2*6-9,11H,1-5H3;5-6,8-9H,7H2,1-4H3;5-8H,1-4H3,(H,13,14)/t;;2*11-;;/m..10../s1. The van der Waals surface area contributed by atoms with Crippen molar-refractivity contribution in [1.29, 1.82) is 0 Å². The summed E-state index contributed by atoms with van der Waals surface area (Å²) in [6.45, 7) is 38.7. The second-order valence-electron chi connectivity index (χ2n) is 28.4. The first kappa shape index (κ1) is 88.3. The van der Waals surface area contributed by atoms with Crippen molar-refractivity contribution in [1.82, 2.24) is 0 Å². The van der Waals surface area contributed by atoms with Gasteiger partial charge in [-0.3, -0.25) is 28.8 Å². The second kappa shape index (κ2) is 41.4. The van der Waals surface area contributed by atoms with Crippen LogP contribution in [0.1, 0.15) is 199 Å². The number of ether oxygens (including phenoxy) is 6. The Kier molecular flexibility index (Phi) is 35.5. The highest BCUT2D eigenvalue weighted by atomic mass is 32.2. The summed E-state index contributed by atoms with van der Waals surface area (Å²) >= 11 is 0. The molecule has 7 aromatic rings. The van der Waals surface area contributed by atoms with Crippen molar-refractivity contribution in [2.24, 2.45) is 35.5 Å². The highest BCUT2D eigenvalue weighted by Gasteiger charge is 2.51. The van der Waals surface area contributed by atoms with Crippen molar-refractivity contribution < 1.29 is 65.6 Å². The van der Waals surface area contributed by atoms with E-state index in [1.54, 1.807) is 85.8 Å². The molecule has 1 unspecified atom stereocenters. The van der Waals surface area contributed by atoms with Crippen LogP contribution in [-0.4, -0.2) is 85.9 Å². The van der Waals surface area contributed by atoms with Gasteiger partial charge in [0, 0.05) is 65.2 Å². The van der Waals surface area contributed by atoms with Gasteiger partial charge >= 0.3 is 0 Å². The summed E-state index contributed by atoms with van der Waals surface area (Å²) in [6.07, 6.45) is 2.55. The molecule has 7 aromatic carbocycles. The molecule has 1 amide bonds. The van der Waals surface area contributed by atoms with Crippen molar-refractivity contribution in [2.45, 2.75) is 185 Å². The Morgan fingerprint density at radius 3 is 1.14 bits per heavy atom. The summed E-state index contributed by atoms with van der Waals surface area (Å²) in [4.78, 5) is 72.1. The third-order valence-corrected chi connectivity index (χ3v) is 20.1. The van der Waals surface area contributed by atoms with Gasteiger partial charge in [0.2, 0.25) is 5.91 Å². The Morgan fingerprint density at radius 2 is 0.757 bits per heavy atom. The van der Waals surface area contributed by atoms with Crippen LogP contribution in [0.2, 0.25) is 0 Å². The van der Waals surface area contributed by atoms with Gasteiger partial charge in [0.05, 0.1) is 53.0 Å². The number of ketones is 5. The number of Topliss-reactive ketones (excluding diaryl/α,β-unsaturated/α-hetero) is 5. The smallest absolute Gasteiger partial charge is 0.226 e. The number of aryl methyl sites for hydroxylation is 6. The van der Waals surface area contributed by atoms with E-state index in [1.165, 1.54) is 19.2 Å². The minimum Gasteiger partial charge on any atom is -0.496 e. The first-order valence-corrected chi connectivity index (χ1v) is 37.0. The van der Waals surface area contributed by atoms with Gasteiger partial charge in [-0.05, 0) is 164 Å². The molecule has 8 rings (SSSR count). The number of benzene rings is 7. The number of amides is 1. The molecule has 103 heavy (non-hydrogen) atoms. The minimum atomic E-state index is -3.84. The number of anilines is 1. The van der Waals surface area contributed by atoms with Crippen molar-refractivity contribution >= 4 is 50.3 Å². The molecular formula is C87H117NO14S. The molecule has 1 saturated carbocycles. The SMILES string of the molecule is COc1cc(C(=O)CC(C)C)ccc1C.COc1cc(C(C(=O)C(C)C)S(=O)(=O)c2ccccc2)ccc1C.COc1cc(C2(C(=O)C(C)C)CC2)ccc1C.COc1cc(NC(=O)C(C)C)ccc1C.COc1cc([C@@H](C)C(=O)C(C)C)ccc1C.COc1cc([C@H](C)C(=O)C(C)C)ccc1C. The zero-order chi connectivity index (χ0) is 78.0. The molecule has 0 radical (unpaired) electrons. The lowest BCUT2D eigenvalue weighted by Crippen LogP contribution is -2.26. The predicted octanol–water partition coefficient (Wildman–Crippen LogP) is 19.5. The molecule has 1 fully saturated rings.